The average Bonchev–Trinajstić information content (AvgIpc) is 3.19. The van der Waals surface area contributed by atoms with Crippen molar-refractivity contribution in [2.45, 2.75) is 12.8 Å². The molecule has 1 N–H and O–H groups in total. The van der Waals surface area contributed by atoms with Crippen molar-refractivity contribution in [2.24, 2.45) is 5.92 Å². The summed E-state index contributed by atoms with van der Waals surface area (Å²) in [6.45, 7) is 7.55. The molecular weight excluding hydrogens is 398 g/mol. The van der Waals surface area contributed by atoms with E-state index < -0.39 is 11.6 Å². The second-order valence-corrected chi connectivity index (χ2v) is 8.83. The maximum absolute atomic E-state index is 13.7. The number of rotatable bonds is 4. The fourth-order valence-electron chi connectivity index (χ4n) is 4.78. The molecule has 5 rings (SSSR count). The molecular formula is C23H28F2N6. The molecule has 6 nitrogen and oxygen atoms in total. The fourth-order valence-corrected chi connectivity index (χ4v) is 4.78. The van der Waals surface area contributed by atoms with E-state index in [9.17, 15) is 8.78 Å². The number of piperidine rings is 1. The van der Waals surface area contributed by atoms with Crippen molar-refractivity contribution in [2.75, 3.05) is 57.8 Å². The van der Waals surface area contributed by atoms with Crippen LogP contribution in [0.25, 0.3) is 22.4 Å². The summed E-state index contributed by atoms with van der Waals surface area (Å²) >= 11 is 0. The fraction of sp³-hybridized carbons (Fsp3) is 0.478. The number of likely N-dealkylation sites (N-methyl/N-ethyl adjacent to an activating group) is 1. The maximum atomic E-state index is 13.7. The highest BCUT2D eigenvalue weighted by atomic mass is 19.1. The number of fused-ring (bicyclic) bond motifs is 1. The van der Waals surface area contributed by atoms with Crippen molar-refractivity contribution in [3.05, 3.63) is 42.1 Å². The lowest BCUT2D eigenvalue weighted by atomic mass is 9.97. The average molecular weight is 427 g/mol. The molecule has 0 aliphatic carbocycles. The topological polar surface area (TPSA) is 51.3 Å². The molecule has 1 atom stereocenters. The number of hydrogen-bond donors (Lipinski definition) is 1. The number of anilines is 1. The first-order valence-corrected chi connectivity index (χ1v) is 11.0. The van der Waals surface area contributed by atoms with Gasteiger partial charge < -0.3 is 19.7 Å². The van der Waals surface area contributed by atoms with Gasteiger partial charge in [0.15, 0.2) is 5.82 Å². The maximum Gasteiger partial charge on any atom is 0.156 e. The molecule has 2 fully saturated rings. The first kappa shape index (κ1) is 20.3. The van der Waals surface area contributed by atoms with Crippen molar-refractivity contribution in [1.82, 2.24) is 24.8 Å². The highest BCUT2D eigenvalue weighted by Crippen LogP contribution is 2.30. The molecule has 1 aromatic carbocycles. The lowest BCUT2D eigenvalue weighted by molar-refractivity contribution is 0.131. The van der Waals surface area contributed by atoms with Gasteiger partial charge >= 0.3 is 0 Å². The van der Waals surface area contributed by atoms with Crippen LogP contribution >= 0.6 is 0 Å². The number of nitrogens with one attached hydrogen (secondary N) is 1. The number of hydrogen-bond acceptors (Lipinski definition) is 5. The Morgan fingerprint density at radius 1 is 1.06 bits per heavy atom. The number of nitrogens with zero attached hydrogens (tertiary/aromatic N) is 5. The Bertz CT molecular complexity index is 1040. The second kappa shape index (κ2) is 8.51. The summed E-state index contributed by atoms with van der Waals surface area (Å²) in [7, 11) is 2.18. The van der Waals surface area contributed by atoms with E-state index in [1.165, 1.54) is 18.6 Å². The van der Waals surface area contributed by atoms with Crippen LogP contribution in [0, 0.1) is 17.6 Å². The SMILES string of the molecule is CN1CCN(C[C@@H]2CCCN(c3nccc4[nH]c(-c5cc(F)cc(F)c5)nc34)C2)CC1. The standard InChI is InChI=1S/C23H28F2N6/c1-29-7-9-30(10-8-29)14-16-3-2-6-31(15-16)23-21-20(4-5-26-23)27-22(28-21)17-11-18(24)13-19(25)12-17/h4-5,11-13,16H,2-3,6-10,14-15H2,1H3,(H,27,28)/t16-/m0/s1. The molecule has 2 aromatic heterocycles. The van der Waals surface area contributed by atoms with Gasteiger partial charge in [0.25, 0.3) is 0 Å². The van der Waals surface area contributed by atoms with E-state index >= 15 is 0 Å². The summed E-state index contributed by atoms with van der Waals surface area (Å²) in [5.74, 6) is 0.673. The monoisotopic (exact) mass is 426 g/mol. The summed E-state index contributed by atoms with van der Waals surface area (Å²) in [5.41, 5.74) is 1.97. The van der Waals surface area contributed by atoms with Gasteiger partial charge in [0, 0.05) is 63.6 Å². The third-order valence-electron chi connectivity index (χ3n) is 6.45. The molecule has 2 aliphatic rings. The highest BCUT2D eigenvalue weighted by molar-refractivity contribution is 5.88. The Kier molecular flexibility index (Phi) is 5.58. The van der Waals surface area contributed by atoms with Gasteiger partial charge in [-0.25, -0.2) is 18.7 Å². The van der Waals surface area contributed by atoms with Gasteiger partial charge in [-0.2, -0.15) is 0 Å². The number of aromatic amines is 1. The van der Waals surface area contributed by atoms with Crippen molar-refractivity contribution in [1.29, 1.82) is 0 Å². The summed E-state index contributed by atoms with van der Waals surface area (Å²) < 4.78 is 27.4. The van der Waals surface area contributed by atoms with Crippen molar-refractivity contribution < 1.29 is 8.78 Å². The molecule has 8 heteroatoms. The first-order valence-electron chi connectivity index (χ1n) is 11.0. The molecule has 4 heterocycles. The van der Waals surface area contributed by atoms with Crippen LogP contribution in [-0.4, -0.2) is 77.6 Å². The molecule has 0 amide bonds. The Balaban J connectivity index is 1.37. The van der Waals surface area contributed by atoms with E-state index in [0.717, 1.165) is 75.2 Å². The second-order valence-electron chi connectivity index (χ2n) is 8.83. The van der Waals surface area contributed by atoms with E-state index in [2.05, 4.69) is 36.7 Å². The van der Waals surface area contributed by atoms with Crippen LogP contribution in [0.15, 0.2) is 30.5 Å². The van der Waals surface area contributed by atoms with Crippen LogP contribution in [0.3, 0.4) is 0 Å². The molecule has 0 radical (unpaired) electrons. The van der Waals surface area contributed by atoms with E-state index in [1.807, 2.05) is 6.07 Å². The largest absolute Gasteiger partial charge is 0.354 e. The highest BCUT2D eigenvalue weighted by Gasteiger charge is 2.26. The van der Waals surface area contributed by atoms with E-state index in [1.54, 1.807) is 6.20 Å². The normalized spacial score (nSPS) is 21.1. The molecule has 2 aliphatic heterocycles. The third kappa shape index (κ3) is 4.41. The van der Waals surface area contributed by atoms with Gasteiger partial charge in [-0.3, -0.25) is 0 Å². The van der Waals surface area contributed by atoms with Crippen LogP contribution in [0.5, 0.6) is 0 Å². The zero-order valence-corrected chi connectivity index (χ0v) is 17.8. The van der Waals surface area contributed by atoms with Gasteiger partial charge in [-0.1, -0.05) is 0 Å². The zero-order chi connectivity index (χ0) is 21.4. The van der Waals surface area contributed by atoms with Gasteiger partial charge in [0.2, 0.25) is 0 Å². The summed E-state index contributed by atoms with van der Waals surface area (Å²) in [5, 5.41) is 0. The Morgan fingerprint density at radius 2 is 1.84 bits per heavy atom. The lowest BCUT2D eigenvalue weighted by Gasteiger charge is -2.38. The Labute approximate surface area is 180 Å². The minimum absolute atomic E-state index is 0.395. The summed E-state index contributed by atoms with van der Waals surface area (Å²) in [4.78, 5) is 19.8. The van der Waals surface area contributed by atoms with Crippen LogP contribution in [-0.2, 0) is 0 Å². The van der Waals surface area contributed by atoms with Gasteiger partial charge in [0.05, 0.1) is 5.52 Å². The quantitative estimate of drug-likeness (QED) is 0.693. The summed E-state index contributed by atoms with van der Waals surface area (Å²) in [6, 6.07) is 5.31. The minimum atomic E-state index is -0.614. The van der Waals surface area contributed by atoms with E-state index in [0.29, 0.717) is 17.3 Å². The molecule has 164 valence electrons. The van der Waals surface area contributed by atoms with Crippen molar-refractivity contribution in [3.8, 4) is 11.4 Å². The number of halogens is 2. The molecule has 0 bridgehead atoms. The smallest absolute Gasteiger partial charge is 0.156 e. The minimum Gasteiger partial charge on any atom is -0.354 e. The van der Waals surface area contributed by atoms with Crippen molar-refractivity contribution >= 4 is 16.9 Å². The first-order chi connectivity index (χ1) is 15.0. The third-order valence-corrected chi connectivity index (χ3v) is 6.45. The van der Waals surface area contributed by atoms with Gasteiger partial charge in [-0.05, 0) is 44.0 Å². The number of benzene rings is 1. The lowest BCUT2D eigenvalue weighted by Crippen LogP contribution is -2.48. The van der Waals surface area contributed by atoms with E-state index in [4.69, 9.17) is 0 Å². The molecule has 31 heavy (non-hydrogen) atoms. The number of imidazole rings is 1. The number of pyridine rings is 1. The van der Waals surface area contributed by atoms with Gasteiger partial charge in [0.1, 0.15) is 23.0 Å². The van der Waals surface area contributed by atoms with Crippen LogP contribution < -0.4 is 4.90 Å². The number of piperazine rings is 1. The molecule has 0 unspecified atom stereocenters. The molecule has 2 saturated heterocycles. The molecule has 0 saturated carbocycles. The Morgan fingerprint density at radius 3 is 2.61 bits per heavy atom. The predicted molar refractivity (Wildman–Crippen MR) is 118 cm³/mol. The molecule has 0 spiro atoms. The molecule has 3 aromatic rings. The zero-order valence-electron chi connectivity index (χ0n) is 17.8. The Hall–Kier alpha value is -2.58. The van der Waals surface area contributed by atoms with E-state index in [-0.39, 0.29) is 0 Å². The van der Waals surface area contributed by atoms with Crippen LogP contribution in [0.2, 0.25) is 0 Å². The van der Waals surface area contributed by atoms with Crippen LogP contribution in [0.1, 0.15) is 12.8 Å². The predicted octanol–water partition coefficient (Wildman–Crippen LogP) is 3.37. The van der Waals surface area contributed by atoms with Gasteiger partial charge in [-0.15, -0.1) is 0 Å². The summed E-state index contributed by atoms with van der Waals surface area (Å²) in [6.07, 6.45) is 4.13. The van der Waals surface area contributed by atoms with Crippen molar-refractivity contribution in [3.63, 3.8) is 0 Å². The number of H-pyrrole nitrogens is 1. The van der Waals surface area contributed by atoms with Crippen LogP contribution in [0.4, 0.5) is 14.6 Å². The number of aromatic nitrogens is 3.